The normalized spacial score (nSPS) is 15.9. The fraction of sp³-hybridized carbons (Fsp3) is 0.818. The predicted molar refractivity (Wildman–Crippen MR) is 64.4 cm³/mol. The van der Waals surface area contributed by atoms with Crippen LogP contribution in [0.25, 0.3) is 0 Å². The number of hydrogen-bond acceptors (Lipinski definition) is 4. The molecule has 1 aromatic rings. The topological polar surface area (TPSA) is 37.8 Å². The number of nitrogens with one attached hydrogen (secondary N) is 1. The Bertz CT molecular complexity index is 305. The van der Waals surface area contributed by atoms with Gasteiger partial charge in [0.2, 0.25) is 5.13 Å². The number of rotatable bonds is 6. The third-order valence-electron chi connectivity index (χ3n) is 2.62. The molecule has 0 aromatic carbocycles. The minimum atomic E-state index is 0.674. The zero-order valence-electron chi connectivity index (χ0n) is 9.49. The minimum Gasteiger partial charge on any atom is -0.360 e. The first-order chi connectivity index (χ1) is 7.25. The molecule has 1 aromatic heterocycles. The Morgan fingerprint density at radius 3 is 2.93 bits per heavy atom. The van der Waals surface area contributed by atoms with Crippen LogP contribution in [0.1, 0.15) is 51.3 Å². The third-order valence-corrected chi connectivity index (χ3v) is 3.31. The van der Waals surface area contributed by atoms with Gasteiger partial charge in [0.15, 0.2) is 0 Å². The molecule has 4 heteroatoms. The van der Waals surface area contributed by atoms with E-state index in [0.29, 0.717) is 5.92 Å². The first-order valence-electron chi connectivity index (χ1n) is 5.83. The van der Waals surface area contributed by atoms with Crippen molar-refractivity contribution in [1.82, 2.24) is 9.36 Å². The Kier molecular flexibility index (Phi) is 3.57. The molecule has 1 saturated carbocycles. The largest absolute Gasteiger partial charge is 0.360 e. The van der Waals surface area contributed by atoms with Crippen molar-refractivity contribution in [1.29, 1.82) is 0 Å². The highest BCUT2D eigenvalue weighted by Crippen LogP contribution is 2.39. The van der Waals surface area contributed by atoms with Crippen LogP contribution in [0.3, 0.4) is 0 Å². The highest BCUT2D eigenvalue weighted by atomic mass is 32.1. The van der Waals surface area contributed by atoms with Gasteiger partial charge in [-0.15, -0.1) is 0 Å². The summed E-state index contributed by atoms with van der Waals surface area (Å²) in [5, 5.41) is 4.35. The molecule has 0 unspecified atom stereocenters. The van der Waals surface area contributed by atoms with Crippen molar-refractivity contribution in [3.05, 3.63) is 5.82 Å². The lowest BCUT2D eigenvalue weighted by Gasteiger charge is -2.04. The van der Waals surface area contributed by atoms with Gasteiger partial charge < -0.3 is 5.32 Å². The van der Waals surface area contributed by atoms with E-state index in [4.69, 9.17) is 0 Å². The molecular weight excluding hydrogens is 206 g/mol. The Labute approximate surface area is 95.5 Å². The zero-order chi connectivity index (χ0) is 10.7. The Balaban J connectivity index is 1.69. The average Bonchev–Trinajstić information content (AvgIpc) is 2.94. The third kappa shape index (κ3) is 3.45. The van der Waals surface area contributed by atoms with Crippen LogP contribution in [0.4, 0.5) is 5.13 Å². The van der Waals surface area contributed by atoms with E-state index in [-0.39, 0.29) is 0 Å². The van der Waals surface area contributed by atoms with Gasteiger partial charge >= 0.3 is 0 Å². The van der Waals surface area contributed by atoms with Crippen molar-refractivity contribution in [2.45, 2.75) is 45.4 Å². The van der Waals surface area contributed by atoms with Crippen LogP contribution < -0.4 is 5.32 Å². The second-order valence-electron chi connectivity index (χ2n) is 4.69. The Hall–Kier alpha value is -0.640. The summed E-state index contributed by atoms with van der Waals surface area (Å²) in [6.45, 7) is 5.55. The van der Waals surface area contributed by atoms with Crippen LogP contribution in [0, 0.1) is 5.92 Å². The van der Waals surface area contributed by atoms with Gasteiger partial charge in [0.1, 0.15) is 5.82 Å². The summed E-state index contributed by atoms with van der Waals surface area (Å²) in [6, 6.07) is 0. The second-order valence-corrected chi connectivity index (χ2v) is 5.45. The monoisotopic (exact) mass is 225 g/mol. The molecular formula is C11H19N3S. The minimum absolute atomic E-state index is 0.674. The molecule has 1 heterocycles. The maximum absolute atomic E-state index is 4.49. The molecule has 0 spiro atoms. The van der Waals surface area contributed by atoms with Gasteiger partial charge in [-0.3, -0.25) is 0 Å². The first kappa shape index (κ1) is 10.9. The molecule has 2 rings (SSSR count). The van der Waals surface area contributed by atoms with Crippen molar-refractivity contribution in [3.63, 3.8) is 0 Å². The fourth-order valence-electron chi connectivity index (χ4n) is 1.52. The molecule has 15 heavy (non-hydrogen) atoms. The lowest BCUT2D eigenvalue weighted by Crippen LogP contribution is -2.02. The van der Waals surface area contributed by atoms with Crippen LogP contribution in [0.2, 0.25) is 0 Å². The van der Waals surface area contributed by atoms with Crippen LogP contribution in [-0.2, 0) is 0 Å². The molecule has 0 aliphatic heterocycles. The first-order valence-corrected chi connectivity index (χ1v) is 6.60. The molecule has 0 radical (unpaired) electrons. The number of anilines is 1. The quantitative estimate of drug-likeness (QED) is 0.755. The van der Waals surface area contributed by atoms with Crippen molar-refractivity contribution < 1.29 is 0 Å². The molecule has 0 amide bonds. The van der Waals surface area contributed by atoms with E-state index < -0.39 is 0 Å². The SMILES string of the molecule is CC(C)CCCNc1nc(C2CC2)ns1. The summed E-state index contributed by atoms with van der Waals surface area (Å²) in [6.07, 6.45) is 5.06. The second kappa shape index (κ2) is 4.92. The molecule has 0 bridgehead atoms. The van der Waals surface area contributed by atoms with E-state index in [1.165, 1.54) is 37.2 Å². The fourth-order valence-corrected chi connectivity index (χ4v) is 2.19. The lowest BCUT2D eigenvalue weighted by atomic mass is 10.1. The predicted octanol–water partition coefficient (Wildman–Crippen LogP) is 3.26. The number of hydrogen-bond donors (Lipinski definition) is 1. The van der Waals surface area contributed by atoms with Crippen LogP contribution in [0.5, 0.6) is 0 Å². The van der Waals surface area contributed by atoms with Crippen molar-refractivity contribution >= 4 is 16.7 Å². The lowest BCUT2D eigenvalue weighted by molar-refractivity contribution is 0.567. The molecule has 0 saturated heterocycles. The highest BCUT2D eigenvalue weighted by molar-refractivity contribution is 7.09. The summed E-state index contributed by atoms with van der Waals surface area (Å²) in [5.74, 6) is 2.53. The average molecular weight is 225 g/mol. The van der Waals surface area contributed by atoms with Gasteiger partial charge in [0, 0.05) is 24.0 Å². The van der Waals surface area contributed by atoms with Gasteiger partial charge in [-0.2, -0.15) is 4.37 Å². The smallest absolute Gasteiger partial charge is 0.202 e. The summed E-state index contributed by atoms with van der Waals surface area (Å²) in [7, 11) is 0. The Morgan fingerprint density at radius 2 is 2.27 bits per heavy atom. The summed E-state index contributed by atoms with van der Waals surface area (Å²) < 4.78 is 4.36. The molecule has 1 aliphatic rings. The molecule has 3 nitrogen and oxygen atoms in total. The van der Waals surface area contributed by atoms with Gasteiger partial charge in [-0.1, -0.05) is 13.8 Å². The van der Waals surface area contributed by atoms with E-state index in [1.807, 2.05) is 0 Å². The molecule has 1 N–H and O–H groups in total. The summed E-state index contributed by atoms with van der Waals surface area (Å²) in [4.78, 5) is 4.49. The van der Waals surface area contributed by atoms with Crippen molar-refractivity contribution in [2.75, 3.05) is 11.9 Å². The van der Waals surface area contributed by atoms with Crippen molar-refractivity contribution in [3.8, 4) is 0 Å². The summed E-state index contributed by atoms with van der Waals surface area (Å²) in [5.41, 5.74) is 0. The maximum atomic E-state index is 4.49. The molecule has 84 valence electrons. The van der Waals surface area contributed by atoms with Crippen molar-refractivity contribution in [2.24, 2.45) is 5.92 Å². The van der Waals surface area contributed by atoms with E-state index in [0.717, 1.165) is 23.4 Å². The number of aromatic nitrogens is 2. The molecule has 1 aliphatic carbocycles. The van der Waals surface area contributed by atoms with E-state index >= 15 is 0 Å². The van der Waals surface area contributed by atoms with Crippen LogP contribution >= 0.6 is 11.5 Å². The van der Waals surface area contributed by atoms with Gasteiger partial charge in [-0.05, 0) is 31.6 Å². The van der Waals surface area contributed by atoms with Gasteiger partial charge in [0.05, 0.1) is 0 Å². The van der Waals surface area contributed by atoms with E-state index in [1.54, 1.807) is 0 Å². The zero-order valence-corrected chi connectivity index (χ0v) is 10.3. The maximum Gasteiger partial charge on any atom is 0.202 e. The van der Waals surface area contributed by atoms with Crippen LogP contribution in [-0.4, -0.2) is 15.9 Å². The molecule has 0 atom stereocenters. The molecule has 1 fully saturated rings. The highest BCUT2D eigenvalue weighted by Gasteiger charge is 2.27. The standard InChI is InChI=1S/C11H19N3S/c1-8(2)4-3-7-12-11-13-10(14-15-11)9-5-6-9/h8-9H,3-7H2,1-2H3,(H,12,13,14). The van der Waals surface area contributed by atoms with E-state index in [9.17, 15) is 0 Å². The Morgan fingerprint density at radius 1 is 1.47 bits per heavy atom. The van der Waals surface area contributed by atoms with Crippen LogP contribution in [0.15, 0.2) is 0 Å². The van der Waals surface area contributed by atoms with Gasteiger partial charge in [0.25, 0.3) is 0 Å². The summed E-state index contributed by atoms with van der Waals surface area (Å²) >= 11 is 1.50. The number of nitrogens with zero attached hydrogens (tertiary/aromatic N) is 2. The van der Waals surface area contributed by atoms with E-state index in [2.05, 4.69) is 28.5 Å². The van der Waals surface area contributed by atoms with Gasteiger partial charge in [-0.25, -0.2) is 4.98 Å².